The third kappa shape index (κ3) is 5.28. The van der Waals surface area contributed by atoms with E-state index in [-0.39, 0.29) is 23.6 Å². The number of carbonyl (C=O) groups excluding carboxylic acids is 1. The van der Waals surface area contributed by atoms with Crippen molar-refractivity contribution in [1.82, 2.24) is 34.4 Å². The largest absolute Gasteiger partial charge is 0.493 e. The van der Waals surface area contributed by atoms with Crippen LogP contribution in [0.2, 0.25) is 5.02 Å². The zero-order chi connectivity index (χ0) is 26.1. The lowest BCUT2D eigenvalue weighted by molar-refractivity contribution is 0.156. The second kappa shape index (κ2) is 9.97. The van der Waals surface area contributed by atoms with Crippen molar-refractivity contribution in [2.45, 2.75) is 18.9 Å². The fraction of sp³-hybridized carbons (Fsp3) is 0.292. The number of hydrogen-bond donors (Lipinski definition) is 4. The average Bonchev–Trinajstić information content (AvgIpc) is 3.41. The van der Waals surface area contributed by atoms with E-state index in [0.29, 0.717) is 40.3 Å². The molecule has 37 heavy (non-hydrogen) atoms. The first kappa shape index (κ1) is 24.4. The molecule has 4 aromatic rings. The lowest BCUT2D eigenvalue weighted by atomic mass is 10.1. The molecule has 1 aliphatic heterocycles. The van der Waals surface area contributed by atoms with E-state index in [1.807, 2.05) is 17.0 Å². The van der Waals surface area contributed by atoms with Crippen molar-refractivity contribution >= 4 is 40.9 Å². The van der Waals surface area contributed by atoms with Crippen LogP contribution >= 0.6 is 11.6 Å². The Morgan fingerprint density at radius 1 is 1.27 bits per heavy atom. The molecule has 4 heterocycles. The molecule has 4 N–H and O–H groups in total. The Bertz CT molecular complexity index is 1630. The van der Waals surface area contributed by atoms with Crippen LogP contribution in [0.15, 0.2) is 46.3 Å². The molecule has 3 aromatic heterocycles. The van der Waals surface area contributed by atoms with E-state index < -0.39 is 5.69 Å². The van der Waals surface area contributed by atoms with E-state index in [1.165, 1.54) is 0 Å². The molecular weight excluding hydrogens is 498 g/mol. The van der Waals surface area contributed by atoms with Gasteiger partial charge >= 0.3 is 11.7 Å². The van der Waals surface area contributed by atoms with Crippen LogP contribution in [-0.2, 0) is 0 Å². The highest BCUT2D eigenvalue weighted by atomic mass is 35.5. The number of H-pyrrole nitrogens is 2. The molecule has 0 aliphatic carbocycles. The first-order valence-electron chi connectivity index (χ1n) is 11.7. The predicted octanol–water partition coefficient (Wildman–Crippen LogP) is 1.44. The molecule has 192 valence electrons. The summed E-state index contributed by atoms with van der Waals surface area (Å²) in [6.45, 7) is 1.23. The van der Waals surface area contributed by atoms with Gasteiger partial charge in [-0.3, -0.25) is 9.98 Å². The molecule has 5 rings (SSSR count). The number of anilines is 2. The van der Waals surface area contributed by atoms with Gasteiger partial charge in [-0.2, -0.15) is 9.61 Å². The highest BCUT2D eigenvalue weighted by Crippen LogP contribution is 2.19. The number of imidazole rings is 1. The van der Waals surface area contributed by atoms with Gasteiger partial charge < -0.3 is 25.2 Å². The number of fused-ring (bicyclic) bond motifs is 1. The Morgan fingerprint density at radius 2 is 2.05 bits per heavy atom. The van der Waals surface area contributed by atoms with Crippen molar-refractivity contribution in [3.8, 4) is 5.88 Å². The molecule has 1 aliphatic rings. The molecule has 0 spiro atoms. The number of carbonyl (C=O) groups is 1. The molecule has 1 saturated heterocycles. The number of halogens is 1. The molecule has 2 amide bonds. The molecule has 13 heteroatoms. The minimum atomic E-state index is -0.522. The second-order valence-electron chi connectivity index (χ2n) is 8.98. The molecule has 12 nitrogen and oxygen atoms in total. The van der Waals surface area contributed by atoms with Gasteiger partial charge in [0.1, 0.15) is 11.5 Å². The van der Waals surface area contributed by atoms with Gasteiger partial charge in [-0.15, -0.1) is 0 Å². The summed E-state index contributed by atoms with van der Waals surface area (Å²) in [4.78, 5) is 41.8. The fourth-order valence-electron chi connectivity index (χ4n) is 4.24. The quantitative estimate of drug-likeness (QED) is 0.318. The summed E-state index contributed by atoms with van der Waals surface area (Å²) in [5.74, 6) is 0.247. The van der Waals surface area contributed by atoms with E-state index in [1.54, 1.807) is 54.0 Å². The molecule has 0 unspecified atom stereocenters. The summed E-state index contributed by atoms with van der Waals surface area (Å²) in [5.41, 5.74) is 1.51. The van der Waals surface area contributed by atoms with Crippen molar-refractivity contribution in [3.63, 3.8) is 0 Å². The van der Waals surface area contributed by atoms with Gasteiger partial charge in [0.15, 0.2) is 11.1 Å². The summed E-state index contributed by atoms with van der Waals surface area (Å²) in [7, 11) is 3.49. The maximum Gasteiger partial charge on any atom is 0.326 e. The Kier molecular flexibility index (Phi) is 6.57. The smallest absolute Gasteiger partial charge is 0.326 e. The standard InChI is InChI=1S/C24H26ClN9O3/c1-32(2)24(37)33-8-6-16(7-9-33)28-20-12-19(27-17-5-3-4-15(25)11-17)30-21-14(13-26-34(20)21)10-18-22(35)31-23(36)29-18/h3-5,10-13,16,27,35H,6-9H2,1-2H3,(H2,29,31,36)/b14-10+,28-20?. The predicted molar refractivity (Wildman–Crippen MR) is 139 cm³/mol. The second-order valence-corrected chi connectivity index (χ2v) is 9.42. The van der Waals surface area contributed by atoms with Crippen LogP contribution in [0.1, 0.15) is 18.5 Å². The minimum Gasteiger partial charge on any atom is -0.493 e. The number of likely N-dealkylation sites (tertiary alicyclic amines) is 1. The van der Waals surface area contributed by atoms with Crippen LogP contribution in [0.4, 0.5) is 16.3 Å². The molecule has 0 radical (unpaired) electrons. The van der Waals surface area contributed by atoms with Crippen LogP contribution in [0.5, 0.6) is 5.88 Å². The lowest BCUT2D eigenvalue weighted by Gasteiger charge is -2.32. The Morgan fingerprint density at radius 3 is 2.73 bits per heavy atom. The normalized spacial score (nSPS) is 15.5. The van der Waals surface area contributed by atoms with Crippen LogP contribution in [0, 0.1) is 0 Å². The SMILES string of the molecule is CN(C)C(=O)N1CCC(N=c2cc(Nc3cccc(Cl)c3)nc3/c(=C/c4[nH]c(=O)[nH]c4O)cnn23)CC1. The average molecular weight is 524 g/mol. The van der Waals surface area contributed by atoms with E-state index in [2.05, 4.69) is 20.4 Å². The van der Waals surface area contributed by atoms with Crippen molar-refractivity contribution in [2.75, 3.05) is 32.5 Å². The highest BCUT2D eigenvalue weighted by molar-refractivity contribution is 6.30. The molecule has 1 aromatic carbocycles. The number of aromatic hydroxyl groups is 1. The minimum absolute atomic E-state index is 0.00228. The molecule has 0 saturated carbocycles. The number of piperidine rings is 1. The van der Waals surface area contributed by atoms with Crippen LogP contribution in [0.3, 0.4) is 0 Å². The number of hydrogen-bond acceptors (Lipinski definition) is 7. The maximum absolute atomic E-state index is 12.3. The third-order valence-corrected chi connectivity index (χ3v) is 6.28. The van der Waals surface area contributed by atoms with E-state index in [0.717, 1.165) is 18.5 Å². The topological polar surface area (TPSA) is 147 Å². The number of aromatic amines is 2. The Balaban J connectivity index is 1.56. The van der Waals surface area contributed by atoms with Crippen LogP contribution in [0.25, 0.3) is 11.7 Å². The fourth-order valence-corrected chi connectivity index (χ4v) is 4.43. The Labute approximate surface area is 215 Å². The van der Waals surface area contributed by atoms with Crippen LogP contribution < -0.4 is 21.7 Å². The summed E-state index contributed by atoms with van der Waals surface area (Å²) in [6, 6.07) is 9.07. The zero-order valence-corrected chi connectivity index (χ0v) is 21.0. The van der Waals surface area contributed by atoms with Gasteiger partial charge in [0, 0.05) is 49.2 Å². The number of nitrogens with zero attached hydrogens (tertiary/aromatic N) is 6. The van der Waals surface area contributed by atoms with Crippen molar-refractivity contribution in [1.29, 1.82) is 0 Å². The van der Waals surface area contributed by atoms with Gasteiger partial charge in [-0.05, 0) is 37.1 Å². The zero-order valence-electron chi connectivity index (χ0n) is 20.3. The number of amides is 2. The van der Waals surface area contributed by atoms with E-state index in [4.69, 9.17) is 21.6 Å². The summed E-state index contributed by atoms with van der Waals surface area (Å²) in [5, 5.41) is 18.9. The molecule has 0 atom stereocenters. The first-order chi connectivity index (χ1) is 17.8. The Hall–Kier alpha value is -4.32. The van der Waals surface area contributed by atoms with Gasteiger partial charge in [-0.1, -0.05) is 17.7 Å². The number of benzene rings is 1. The van der Waals surface area contributed by atoms with Gasteiger partial charge in [-0.25, -0.2) is 14.6 Å². The third-order valence-electron chi connectivity index (χ3n) is 6.04. The van der Waals surface area contributed by atoms with Crippen molar-refractivity contribution in [2.24, 2.45) is 4.99 Å². The number of aromatic nitrogens is 5. The van der Waals surface area contributed by atoms with E-state index in [9.17, 15) is 14.7 Å². The number of rotatable bonds is 4. The molecule has 0 bridgehead atoms. The molecule has 1 fully saturated rings. The lowest BCUT2D eigenvalue weighted by Crippen LogP contribution is -2.45. The van der Waals surface area contributed by atoms with Gasteiger partial charge in [0.25, 0.3) is 0 Å². The summed E-state index contributed by atoms with van der Waals surface area (Å²) >= 11 is 6.15. The van der Waals surface area contributed by atoms with Crippen molar-refractivity contribution < 1.29 is 9.90 Å². The monoisotopic (exact) mass is 523 g/mol. The molecular formula is C24H26ClN9O3. The number of nitrogens with one attached hydrogen (secondary N) is 3. The first-order valence-corrected chi connectivity index (χ1v) is 12.1. The maximum atomic E-state index is 12.3. The van der Waals surface area contributed by atoms with Crippen molar-refractivity contribution in [3.05, 3.63) is 68.4 Å². The summed E-state index contributed by atoms with van der Waals surface area (Å²) in [6.07, 6.45) is 4.62. The van der Waals surface area contributed by atoms with Crippen LogP contribution in [-0.4, -0.2) is 78.7 Å². The van der Waals surface area contributed by atoms with E-state index >= 15 is 0 Å². The number of urea groups is 1. The van der Waals surface area contributed by atoms with Gasteiger partial charge in [0.2, 0.25) is 5.88 Å². The summed E-state index contributed by atoms with van der Waals surface area (Å²) < 4.78 is 1.62. The van der Waals surface area contributed by atoms with Gasteiger partial charge in [0.05, 0.1) is 12.2 Å². The highest BCUT2D eigenvalue weighted by Gasteiger charge is 2.23.